The number of hydrogen-bond acceptors (Lipinski definition) is 3. The van der Waals surface area contributed by atoms with Crippen molar-refractivity contribution in [3.8, 4) is 0 Å². The molecule has 1 aromatic heterocycles. The van der Waals surface area contributed by atoms with Crippen LogP contribution in [0.2, 0.25) is 0 Å². The minimum Gasteiger partial charge on any atom is -0.321 e. The van der Waals surface area contributed by atoms with Gasteiger partial charge in [0.25, 0.3) is 11.5 Å². The Hall–Kier alpha value is -2.43. The van der Waals surface area contributed by atoms with Crippen molar-refractivity contribution < 1.29 is 4.79 Å². The molecule has 0 saturated carbocycles. The molecule has 5 nitrogen and oxygen atoms in total. The van der Waals surface area contributed by atoms with E-state index in [0.29, 0.717) is 5.92 Å². The van der Waals surface area contributed by atoms with E-state index < -0.39 is 0 Å². The van der Waals surface area contributed by atoms with Gasteiger partial charge in [-0.2, -0.15) is 5.10 Å². The molecule has 0 aliphatic carbocycles. The number of hydrogen-bond donors (Lipinski definition) is 1. The Bertz CT molecular complexity index is 690. The predicted molar refractivity (Wildman–Crippen MR) is 78.0 cm³/mol. The second-order valence-electron chi connectivity index (χ2n) is 4.91. The lowest BCUT2D eigenvalue weighted by atomic mass is 10.0. The molecule has 0 bridgehead atoms. The molecule has 0 spiro atoms. The van der Waals surface area contributed by atoms with Gasteiger partial charge in [-0.1, -0.05) is 26.0 Å². The van der Waals surface area contributed by atoms with Crippen molar-refractivity contribution in [3.05, 3.63) is 58.0 Å². The molecule has 2 rings (SSSR count). The molecule has 0 saturated heterocycles. The number of aromatic nitrogens is 2. The fourth-order valence-electron chi connectivity index (χ4n) is 1.79. The van der Waals surface area contributed by atoms with Crippen LogP contribution in [0.4, 0.5) is 5.69 Å². The van der Waals surface area contributed by atoms with Crippen molar-refractivity contribution in [2.24, 2.45) is 7.05 Å². The van der Waals surface area contributed by atoms with Crippen LogP contribution in [0.3, 0.4) is 0 Å². The Morgan fingerprint density at radius 1 is 1.25 bits per heavy atom. The van der Waals surface area contributed by atoms with Gasteiger partial charge in [-0.3, -0.25) is 9.59 Å². The smallest absolute Gasteiger partial charge is 0.276 e. The van der Waals surface area contributed by atoms with Crippen LogP contribution >= 0.6 is 0 Å². The lowest BCUT2D eigenvalue weighted by Gasteiger charge is -2.09. The molecule has 0 atom stereocenters. The van der Waals surface area contributed by atoms with Crippen LogP contribution in [0.25, 0.3) is 0 Å². The average Bonchev–Trinajstić information content (AvgIpc) is 2.42. The van der Waals surface area contributed by atoms with Gasteiger partial charge in [-0.25, -0.2) is 4.68 Å². The fourth-order valence-corrected chi connectivity index (χ4v) is 1.79. The van der Waals surface area contributed by atoms with E-state index in [1.807, 2.05) is 24.3 Å². The summed E-state index contributed by atoms with van der Waals surface area (Å²) in [5, 5.41) is 6.70. The summed E-state index contributed by atoms with van der Waals surface area (Å²) in [5.74, 6) is 0.0593. The molecule has 1 amide bonds. The van der Waals surface area contributed by atoms with Crippen LogP contribution in [-0.2, 0) is 7.05 Å². The summed E-state index contributed by atoms with van der Waals surface area (Å²) in [6, 6.07) is 10.4. The van der Waals surface area contributed by atoms with Gasteiger partial charge in [0.1, 0.15) is 5.69 Å². The van der Waals surface area contributed by atoms with Crippen LogP contribution in [0, 0.1) is 0 Å². The molecule has 1 heterocycles. The number of amides is 1. The molecular formula is C15H17N3O2. The van der Waals surface area contributed by atoms with Gasteiger partial charge in [0.05, 0.1) is 0 Å². The first-order chi connectivity index (χ1) is 9.47. The van der Waals surface area contributed by atoms with E-state index in [1.54, 1.807) is 0 Å². The van der Waals surface area contributed by atoms with E-state index in [4.69, 9.17) is 0 Å². The number of anilines is 1. The summed E-state index contributed by atoms with van der Waals surface area (Å²) in [5.41, 5.74) is 1.83. The summed E-state index contributed by atoms with van der Waals surface area (Å²) in [7, 11) is 1.51. The third-order valence-corrected chi connectivity index (χ3v) is 3.00. The molecule has 0 radical (unpaired) electrons. The lowest BCUT2D eigenvalue weighted by Crippen LogP contribution is -2.23. The fraction of sp³-hybridized carbons (Fsp3) is 0.267. The number of aryl methyl sites for hydroxylation is 1. The Labute approximate surface area is 117 Å². The monoisotopic (exact) mass is 271 g/mol. The maximum Gasteiger partial charge on any atom is 0.276 e. The number of benzene rings is 1. The Morgan fingerprint density at radius 3 is 2.65 bits per heavy atom. The summed E-state index contributed by atoms with van der Waals surface area (Å²) >= 11 is 0. The second kappa shape index (κ2) is 5.69. The number of rotatable bonds is 3. The molecule has 1 N–H and O–H groups in total. The maximum absolute atomic E-state index is 12.1. The number of carbonyl (C=O) groups is 1. The van der Waals surface area contributed by atoms with Gasteiger partial charge < -0.3 is 5.32 Å². The quantitative estimate of drug-likeness (QED) is 0.930. The minimum atomic E-state index is -0.332. The number of nitrogens with zero attached hydrogens (tertiary/aromatic N) is 2. The molecular weight excluding hydrogens is 254 g/mol. The molecule has 0 fully saturated rings. The zero-order valence-corrected chi connectivity index (χ0v) is 11.8. The Morgan fingerprint density at radius 2 is 2.00 bits per heavy atom. The number of nitrogens with one attached hydrogen (secondary N) is 1. The van der Waals surface area contributed by atoms with Gasteiger partial charge in [0, 0.05) is 18.8 Å². The molecule has 5 heteroatoms. The molecule has 0 unspecified atom stereocenters. The first-order valence-corrected chi connectivity index (χ1v) is 6.43. The molecule has 2 aromatic rings. The summed E-state index contributed by atoms with van der Waals surface area (Å²) in [6.07, 6.45) is 0. The lowest BCUT2D eigenvalue weighted by molar-refractivity contribution is 0.102. The standard InChI is InChI=1S/C15H17N3O2/c1-10(2)11-5-4-6-12(9-11)16-15(20)13-7-8-14(19)18(3)17-13/h4-10H,1-3H3,(H,16,20). The molecule has 1 aromatic carbocycles. The molecule has 0 aliphatic rings. The van der Waals surface area contributed by atoms with Crippen LogP contribution in [0.5, 0.6) is 0 Å². The zero-order valence-electron chi connectivity index (χ0n) is 11.8. The van der Waals surface area contributed by atoms with Gasteiger partial charge >= 0.3 is 0 Å². The summed E-state index contributed by atoms with van der Waals surface area (Å²) in [6.45, 7) is 4.19. The highest BCUT2D eigenvalue weighted by Crippen LogP contribution is 2.18. The van der Waals surface area contributed by atoms with Gasteiger partial charge in [0.2, 0.25) is 0 Å². The van der Waals surface area contributed by atoms with E-state index in [-0.39, 0.29) is 17.2 Å². The van der Waals surface area contributed by atoms with Crippen molar-refractivity contribution in [1.82, 2.24) is 9.78 Å². The number of carbonyl (C=O) groups excluding carboxylic acids is 1. The molecule has 104 valence electrons. The third-order valence-electron chi connectivity index (χ3n) is 3.00. The Balaban J connectivity index is 2.21. The summed E-state index contributed by atoms with van der Waals surface area (Å²) in [4.78, 5) is 23.3. The van der Waals surface area contributed by atoms with E-state index in [0.717, 1.165) is 15.9 Å². The first-order valence-electron chi connectivity index (χ1n) is 6.43. The highest BCUT2D eigenvalue weighted by atomic mass is 16.2. The van der Waals surface area contributed by atoms with Crippen molar-refractivity contribution in [2.45, 2.75) is 19.8 Å². The van der Waals surface area contributed by atoms with Crippen molar-refractivity contribution in [1.29, 1.82) is 0 Å². The van der Waals surface area contributed by atoms with Crippen LogP contribution in [0.1, 0.15) is 35.8 Å². The zero-order chi connectivity index (χ0) is 14.7. The summed E-state index contributed by atoms with van der Waals surface area (Å²) < 4.78 is 1.14. The topological polar surface area (TPSA) is 64.0 Å². The highest BCUT2D eigenvalue weighted by molar-refractivity contribution is 6.02. The van der Waals surface area contributed by atoms with Crippen molar-refractivity contribution >= 4 is 11.6 Å². The predicted octanol–water partition coefficient (Wildman–Crippen LogP) is 2.16. The first kappa shape index (κ1) is 14.0. The average molecular weight is 271 g/mol. The van der Waals surface area contributed by atoms with Gasteiger partial charge in [-0.15, -0.1) is 0 Å². The van der Waals surface area contributed by atoms with E-state index in [9.17, 15) is 9.59 Å². The van der Waals surface area contributed by atoms with Crippen LogP contribution in [-0.4, -0.2) is 15.7 Å². The van der Waals surface area contributed by atoms with E-state index in [2.05, 4.69) is 24.3 Å². The highest BCUT2D eigenvalue weighted by Gasteiger charge is 2.09. The Kier molecular flexibility index (Phi) is 3.98. The van der Waals surface area contributed by atoms with Crippen LogP contribution in [0.15, 0.2) is 41.2 Å². The van der Waals surface area contributed by atoms with Gasteiger partial charge in [0.15, 0.2) is 0 Å². The van der Waals surface area contributed by atoms with Crippen molar-refractivity contribution in [2.75, 3.05) is 5.32 Å². The minimum absolute atomic E-state index is 0.210. The SMILES string of the molecule is CC(C)c1cccc(NC(=O)c2ccc(=O)n(C)n2)c1. The molecule has 0 aliphatic heterocycles. The van der Waals surface area contributed by atoms with Gasteiger partial charge in [-0.05, 0) is 29.7 Å². The largest absolute Gasteiger partial charge is 0.321 e. The maximum atomic E-state index is 12.1. The van der Waals surface area contributed by atoms with Crippen molar-refractivity contribution in [3.63, 3.8) is 0 Å². The van der Waals surface area contributed by atoms with Crippen LogP contribution < -0.4 is 10.9 Å². The normalized spacial score (nSPS) is 10.6. The third kappa shape index (κ3) is 3.12. The second-order valence-corrected chi connectivity index (χ2v) is 4.91. The van der Waals surface area contributed by atoms with E-state index >= 15 is 0 Å². The molecule has 20 heavy (non-hydrogen) atoms. The van der Waals surface area contributed by atoms with E-state index in [1.165, 1.54) is 19.2 Å².